The largest absolute Gasteiger partial charge is 0.458 e. The number of esters is 1. The van der Waals surface area contributed by atoms with Crippen LogP contribution in [0.5, 0.6) is 0 Å². The van der Waals surface area contributed by atoms with Crippen LogP contribution >= 0.6 is 0 Å². The predicted molar refractivity (Wildman–Crippen MR) is 128 cm³/mol. The monoisotopic (exact) mass is 463 g/mol. The first-order chi connectivity index (χ1) is 15.3. The Bertz CT molecular complexity index is 733. The van der Waals surface area contributed by atoms with Crippen molar-refractivity contribution in [3.05, 3.63) is 0 Å². The third kappa shape index (κ3) is 6.09. The van der Waals surface area contributed by atoms with Crippen molar-refractivity contribution in [2.24, 2.45) is 28.9 Å². The Hall–Kier alpha value is -1.63. The minimum absolute atomic E-state index is 0.129. The molecule has 2 aliphatic carbocycles. The maximum Gasteiger partial charge on any atom is 0.329 e. The van der Waals surface area contributed by atoms with Crippen molar-refractivity contribution in [1.82, 2.24) is 10.2 Å². The molecule has 2 unspecified atom stereocenters. The molecule has 0 spiro atoms. The quantitative estimate of drug-likeness (QED) is 0.609. The van der Waals surface area contributed by atoms with Gasteiger partial charge in [0.1, 0.15) is 17.7 Å². The first-order valence-corrected chi connectivity index (χ1v) is 12.9. The van der Waals surface area contributed by atoms with Crippen LogP contribution in [0.25, 0.3) is 0 Å². The van der Waals surface area contributed by atoms with Gasteiger partial charge in [-0.15, -0.1) is 0 Å². The van der Waals surface area contributed by atoms with Crippen LogP contribution in [0, 0.1) is 23.2 Å². The van der Waals surface area contributed by atoms with Gasteiger partial charge >= 0.3 is 5.97 Å². The highest BCUT2D eigenvalue weighted by Crippen LogP contribution is 2.43. The number of likely N-dealkylation sites (tertiary alicyclic amines) is 1. The van der Waals surface area contributed by atoms with E-state index in [1.165, 1.54) is 6.42 Å². The second kappa shape index (κ2) is 9.93. The predicted octanol–water partition coefficient (Wildman–Crippen LogP) is 3.39. The topological polar surface area (TPSA) is 102 Å². The molecule has 0 radical (unpaired) electrons. The number of nitrogens with one attached hydrogen (secondary N) is 1. The van der Waals surface area contributed by atoms with Crippen molar-refractivity contribution in [2.45, 2.75) is 117 Å². The normalized spacial score (nSPS) is 28.2. The number of carbonyl (C=O) groups is 3. The molecule has 7 nitrogen and oxygen atoms in total. The van der Waals surface area contributed by atoms with E-state index in [9.17, 15) is 14.4 Å². The molecule has 1 aliphatic heterocycles. The second-order valence-corrected chi connectivity index (χ2v) is 12.6. The molecule has 0 bridgehead atoms. The van der Waals surface area contributed by atoms with Gasteiger partial charge in [-0.25, -0.2) is 4.79 Å². The van der Waals surface area contributed by atoms with Crippen LogP contribution in [0.15, 0.2) is 0 Å². The molecule has 2 amide bonds. The van der Waals surface area contributed by atoms with Crippen LogP contribution in [0.3, 0.4) is 0 Å². The summed E-state index contributed by atoms with van der Waals surface area (Å²) in [7, 11) is 0. The number of nitrogens with zero attached hydrogens (tertiary/aromatic N) is 1. The summed E-state index contributed by atoms with van der Waals surface area (Å²) in [6.45, 7) is 11.9. The summed E-state index contributed by atoms with van der Waals surface area (Å²) in [4.78, 5) is 41.9. The molecule has 2 saturated carbocycles. The Morgan fingerprint density at radius 1 is 0.939 bits per heavy atom. The summed E-state index contributed by atoms with van der Waals surface area (Å²) in [5, 5.41) is 3.00. The fourth-order valence-electron chi connectivity index (χ4n) is 5.96. The average Bonchev–Trinajstić information content (AvgIpc) is 3.30. The molecule has 0 aromatic heterocycles. The molecule has 1 heterocycles. The van der Waals surface area contributed by atoms with Crippen molar-refractivity contribution < 1.29 is 19.1 Å². The van der Waals surface area contributed by atoms with E-state index in [-0.39, 0.29) is 29.6 Å². The summed E-state index contributed by atoms with van der Waals surface area (Å²) in [6.07, 6.45) is 8.33. The fourth-order valence-corrected chi connectivity index (χ4v) is 5.96. The van der Waals surface area contributed by atoms with Crippen molar-refractivity contribution in [3.8, 4) is 0 Å². The van der Waals surface area contributed by atoms with E-state index < -0.39 is 29.1 Å². The number of rotatable bonds is 5. The third-order valence-corrected chi connectivity index (χ3v) is 7.68. The molecule has 3 rings (SSSR count). The average molecular weight is 464 g/mol. The molecule has 3 aliphatic rings. The summed E-state index contributed by atoms with van der Waals surface area (Å²) >= 11 is 0. The van der Waals surface area contributed by atoms with Crippen LogP contribution < -0.4 is 11.1 Å². The lowest BCUT2D eigenvalue weighted by Gasteiger charge is -2.37. The number of carbonyl (C=O) groups excluding carboxylic acids is 3. The maximum absolute atomic E-state index is 13.9. The minimum atomic E-state index is -0.747. The van der Waals surface area contributed by atoms with Crippen molar-refractivity contribution in [3.63, 3.8) is 0 Å². The van der Waals surface area contributed by atoms with Gasteiger partial charge < -0.3 is 20.7 Å². The highest BCUT2D eigenvalue weighted by atomic mass is 16.6. The lowest BCUT2D eigenvalue weighted by Crippen LogP contribution is -2.60. The van der Waals surface area contributed by atoms with Crippen molar-refractivity contribution in [2.75, 3.05) is 6.54 Å². The summed E-state index contributed by atoms with van der Waals surface area (Å²) in [5.41, 5.74) is 5.21. The Kier molecular flexibility index (Phi) is 7.82. The smallest absolute Gasteiger partial charge is 0.329 e. The van der Waals surface area contributed by atoms with E-state index in [0.717, 1.165) is 44.9 Å². The Balaban J connectivity index is 1.79. The highest BCUT2D eigenvalue weighted by molar-refractivity contribution is 5.93. The SMILES string of the molecule is CC(C)(C)OC(=O)C1[C@H]2CCC[C@H]2CN1C(=O)[C@@H](NC(=O)C(N)C1CCCCC1)C(C)(C)C. The molecule has 3 N–H and O–H groups in total. The minimum Gasteiger partial charge on any atom is -0.458 e. The number of fused-ring (bicyclic) bond motifs is 1. The molecular formula is C26H45N3O4. The second-order valence-electron chi connectivity index (χ2n) is 12.6. The van der Waals surface area contributed by atoms with Gasteiger partial charge in [-0.05, 0) is 69.6 Å². The molecule has 7 heteroatoms. The van der Waals surface area contributed by atoms with Crippen molar-refractivity contribution in [1.29, 1.82) is 0 Å². The molecule has 33 heavy (non-hydrogen) atoms. The zero-order chi connectivity index (χ0) is 24.6. The number of nitrogens with two attached hydrogens (primary N) is 1. The Morgan fingerprint density at radius 2 is 1.58 bits per heavy atom. The zero-order valence-corrected chi connectivity index (χ0v) is 21.5. The number of amides is 2. The van der Waals surface area contributed by atoms with Gasteiger partial charge in [-0.3, -0.25) is 9.59 Å². The summed E-state index contributed by atoms with van der Waals surface area (Å²) in [6, 6.07) is -1.94. The number of hydrogen-bond acceptors (Lipinski definition) is 5. The molecule has 0 aromatic rings. The van der Waals surface area contributed by atoms with E-state index in [1.54, 1.807) is 4.90 Å². The van der Waals surface area contributed by atoms with E-state index in [2.05, 4.69) is 5.32 Å². The zero-order valence-electron chi connectivity index (χ0n) is 21.5. The lowest BCUT2D eigenvalue weighted by molar-refractivity contribution is -0.165. The Morgan fingerprint density at radius 3 is 2.15 bits per heavy atom. The van der Waals surface area contributed by atoms with E-state index in [1.807, 2.05) is 41.5 Å². The lowest BCUT2D eigenvalue weighted by atomic mass is 9.82. The van der Waals surface area contributed by atoms with Crippen LogP contribution in [-0.4, -0.2) is 53.0 Å². The van der Waals surface area contributed by atoms with E-state index in [0.29, 0.717) is 12.5 Å². The third-order valence-electron chi connectivity index (χ3n) is 7.68. The van der Waals surface area contributed by atoms with E-state index in [4.69, 9.17) is 10.5 Å². The first-order valence-electron chi connectivity index (χ1n) is 12.9. The van der Waals surface area contributed by atoms with Gasteiger partial charge in [0.2, 0.25) is 11.8 Å². The van der Waals surface area contributed by atoms with Gasteiger partial charge in [0.15, 0.2) is 0 Å². The summed E-state index contributed by atoms with van der Waals surface area (Å²) < 4.78 is 5.73. The molecule has 5 atom stereocenters. The molecule has 188 valence electrons. The van der Waals surface area contributed by atoms with Crippen LogP contribution in [0.1, 0.15) is 92.9 Å². The molecular weight excluding hydrogens is 418 g/mol. The standard InChI is InChI=1S/C26H45N3O4/c1-25(2,3)21(28-22(30)19(27)16-11-8-7-9-12-16)23(31)29-15-17-13-10-14-18(17)20(29)24(32)33-26(4,5)6/h16-21H,7-15,27H2,1-6H3,(H,28,30)/t17-,18-,19?,20?,21+/m0/s1. The van der Waals surface area contributed by atoms with Crippen molar-refractivity contribution >= 4 is 17.8 Å². The molecule has 0 aromatic carbocycles. The number of hydrogen-bond donors (Lipinski definition) is 2. The van der Waals surface area contributed by atoms with Crippen LogP contribution in [0.4, 0.5) is 0 Å². The number of ether oxygens (including phenoxy) is 1. The summed E-state index contributed by atoms with van der Waals surface area (Å²) in [5.74, 6) is -0.185. The van der Waals surface area contributed by atoms with Gasteiger partial charge in [0.05, 0.1) is 6.04 Å². The molecule has 3 fully saturated rings. The maximum atomic E-state index is 13.9. The first kappa shape index (κ1) is 26.0. The van der Waals surface area contributed by atoms with Crippen LogP contribution in [-0.2, 0) is 19.1 Å². The van der Waals surface area contributed by atoms with Gasteiger partial charge in [0, 0.05) is 6.54 Å². The highest BCUT2D eigenvalue weighted by Gasteiger charge is 2.53. The molecule has 1 saturated heterocycles. The van der Waals surface area contributed by atoms with Crippen LogP contribution in [0.2, 0.25) is 0 Å². The Labute approximate surface area is 199 Å². The van der Waals surface area contributed by atoms with Gasteiger partial charge in [0.25, 0.3) is 0 Å². The van der Waals surface area contributed by atoms with Gasteiger partial charge in [-0.1, -0.05) is 46.5 Å². The fraction of sp³-hybridized carbons (Fsp3) is 0.885. The van der Waals surface area contributed by atoms with E-state index >= 15 is 0 Å². The van der Waals surface area contributed by atoms with Gasteiger partial charge in [-0.2, -0.15) is 0 Å².